The van der Waals surface area contributed by atoms with E-state index in [0.29, 0.717) is 12.5 Å². The average molecular weight is 288 g/mol. The van der Waals surface area contributed by atoms with Gasteiger partial charge in [-0.05, 0) is 69.6 Å². The number of aryl methyl sites for hydroxylation is 2. The zero-order chi connectivity index (χ0) is 14.6. The first kappa shape index (κ1) is 13.4. The number of carbonyl (C=O) groups is 1. The number of hydrogen-bond acceptors (Lipinski definition) is 3. The standard InChI is InChI=1S/C17H24N2O2/c1-9-15(10(2)21-19-9)8-16(20)18-17-13-4-11-3-12(6-13)7-14(17)5-11/h11-14,17H,3-8H2,1-2H3,(H,18,20). The predicted molar refractivity (Wildman–Crippen MR) is 78.7 cm³/mol. The fraction of sp³-hybridized carbons (Fsp3) is 0.765. The summed E-state index contributed by atoms with van der Waals surface area (Å²) >= 11 is 0. The van der Waals surface area contributed by atoms with Gasteiger partial charge in [-0.25, -0.2) is 0 Å². The Labute approximate surface area is 125 Å². The molecule has 4 bridgehead atoms. The van der Waals surface area contributed by atoms with Crippen molar-refractivity contribution < 1.29 is 9.32 Å². The van der Waals surface area contributed by atoms with E-state index in [4.69, 9.17) is 4.52 Å². The minimum absolute atomic E-state index is 0.141. The summed E-state index contributed by atoms with van der Waals surface area (Å²) in [5.41, 5.74) is 1.80. The molecule has 1 aromatic heterocycles. The van der Waals surface area contributed by atoms with Gasteiger partial charge in [0.05, 0.1) is 12.1 Å². The van der Waals surface area contributed by atoms with Crippen LogP contribution in [0.5, 0.6) is 0 Å². The molecule has 0 atom stereocenters. The zero-order valence-electron chi connectivity index (χ0n) is 12.9. The third-order valence-electron chi connectivity index (χ3n) is 6.07. The second kappa shape index (κ2) is 4.85. The lowest BCUT2D eigenvalue weighted by atomic mass is 9.54. The zero-order valence-corrected chi connectivity index (χ0v) is 12.9. The molecule has 1 aromatic rings. The second-order valence-corrected chi connectivity index (χ2v) is 7.50. The maximum absolute atomic E-state index is 12.4. The number of carbonyl (C=O) groups excluding carboxylic acids is 1. The lowest BCUT2D eigenvalue weighted by Crippen LogP contribution is -2.56. The number of amides is 1. The van der Waals surface area contributed by atoms with Crippen LogP contribution in [0.1, 0.15) is 49.1 Å². The summed E-state index contributed by atoms with van der Waals surface area (Å²) in [6.07, 6.45) is 7.20. The van der Waals surface area contributed by atoms with Gasteiger partial charge in [-0.15, -0.1) is 0 Å². The van der Waals surface area contributed by atoms with E-state index in [1.54, 1.807) is 0 Å². The molecule has 4 nitrogen and oxygen atoms in total. The van der Waals surface area contributed by atoms with Crippen molar-refractivity contribution in [3.8, 4) is 0 Å². The van der Waals surface area contributed by atoms with Crippen LogP contribution < -0.4 is 5.32 Å². The largest absolute Gasteiger partial charge is 0.361 e. The second-order valence-electron chi connectivity index (χ2n) is 7.50. The van der Waals surface area contributed by atoms with Gasteiger partial charge in [0.2, 0.25) is 5.91 Å². The van der Waals surface area contributed by atoms with Gasteiger partial charge in [0.25, 0.3) is 0 Å². The van der Waals surface area contributed by atoms with E-state index in [-0.39, 0.29) is 5.91 Å². The maximum atomic E-state index is 12.4. The molecule has 0 aromatic carbocycles. The van der Waals surface area contributed by atoms with Gasteiger partial charge in [-0.1, -0.05) is 5.16 Å². The van der Waals surface area contributed by atoms with Crippen molar-refractivity contribution >= 4 is 5.91 Å². The van der Waals surface area contributed by atoms with Crippen LogP contribution in [-0.2, 0) is 11.2 Å². The number of nitrogens with one attached hydrogen (secondary N) is 1. The van der Waals surface area contributed by atoms with Crippen LogP contribution >= 0.6 is 0 Å². The molecule has 4 aliphatic carbocycles. The van der Waals surface area contributed by atoms with Gasteiger partial charge in [0, 0.05) is 11.6 Å². The molecule has 4 heteroatoms. The Bertz CT molecular complexity index is 516. The molecule has 4 saturated carbocycles. The summed E-state index contributed by atoms with van der Waals surface area (Å²) in [6, 6.07) is 0.422. The highest BCUT2D eigenvalue weighted by Gasteiger charge is 2.48. The Morgan fingerprint density at radius 2 is 1.76 bits per heavy atom. The lowest BCUT2D eigenvalue weighted by Gasteiger charge is -2.54. The Hall–Kier alpha value is -1.32. The molecule has 0 unspecified atom stereocenters. The molecule has 4 fully saturated rings. The highest BCUT2D eigenvalue weighted by atomic mass is 16.5. The first-order valence-electron chi connectivity index (χ1n) is 8.31. The number of rotatable bonds is 3. The van der Waals surface area contributed by atoms with Crippen molar-refractivity contribution in [3.63, 3.8) is 0 Å². The van der Waals surface area contributed by atoms with E-state index in [2.05, 4.69) is 10.5 Å². The quantitative estimate of drug-likeness (QED) is 0.930. The molecule has 1 amide bonds. The van der Waals surface area contributed by atoms with Crippen molar-refractivity contribution in [3.05, 3.63) is 17.0 Å². The SMILES string of the molecule is Cc1noc(C)c1CC(=O)NC1C2CC3CC(C2)CC1C3. The van der Waals surface area contributed by atoms with Gasteiger partial charge in [0.1, 0.15) is 5.76 Å². The molecule has 5 rings (SSSR count). The van der Waals surface area contributed by atoms with Crippen molar-refractivity contribution in [2.24, 2.45) is 23.7 Å². The van der Waals surface area contributed by atoms with Gasteiger partial charge >= 0.3 is 0 Å². The normalized spacial score (nSPS) is 37.0. The third kappa shape index (κ3) is 2.29. The third-order valence-corrected chi connectivity index (χ3v) is 6.07. The van der Waals surface area contributed by atoms with E-state index in [1.165, 1.54) is 32.1 Å². The van der Waals surface area contributed by atoms with Crippen LogP contribution in [-0.4, -0.2) is 17.1 Å². The molecular weight excluding hydrogens is 264 g/mol. The smallest absolute Gasteiger partial charge is 0.224 e. The fourth-order valence-corrected chi connectivity index (χ4v) is 5.31. The molecule has 0 spiro atoms. The van der Waals surface area contributed by atoms with E-state index in [9.17, 15) is 4.79 Å². The van der Waals surface area contributed by atoms with E-state index >= 15 is 0 Å². The molecule has 0 radical (unpaired) electrons. The van der Waals surface area contributed by atoms with Crippen molar-refractivity contribution in [1.82, 2.24) is 10.5 Å². The Morgan fingerprint density at radius 3 is 2.29 bits per heavy atom. The Kier molecular flexibility index (Phi) is 3.09. The first-order valence-corrected chi connectivity index (χ1v) is 8.31. The summed E-state index contributed by atoms with van der Waals surface area (Å²) in [7, 11) is 0. The highest BCUT2D eigenvalue weighted by molar-refractivity contribution is 5.79. The summed E-state index contributed by atoms with van der Waals surface area (Å²) in [5, 5.41) is 7.28. The van der Waals surface area contributed by atoms with Crippen LogP contribution in [0.2, 0.25) is 0 Å². The highest BCUT2D eigenvalue weighted by Crippen LogP contribution is 2.53. The van der Waals surface area contributed by atoms with Crippen molar-refractivity contribution in [2.45, 2.75) is 58.4 Å². The molecule has 1 N–H and O–H groups in total. The summed E-state index contributed by atoms with van der Waals surface area (Å²) < 4.78 is 5.15. The van der Waals surface area contributed by atoms with Gasteiger partial charge in [-0.2, -0.15) is 0 Å². The van der Waals surface area contributed by atoms with Gasteiger partial charge < -0.3 is 9.84 Å². The van der Waals surface area contributed by atoms with Crippen LogP contribution in [0.3, 0.4) is 0 Å². The number of aromatic nitrogens is 1. The van der Waals surface area contributed by atoms with Crippen LogP contribution in [0.25, 0.3) is 0 Å². The topological polar surface area (TPSA) is 55.1 Å². The van der Waals surface area contributed by atoms with Crippen LogP contribution in [0, 0.1) is 37.5 Å². The molecule has 21 heavy (non-hydrogen) atoms. The first-order chi connectivity index (χ1) is 10.1. The summed E-state index contributed by atoms with van der Waals surface area (Å²) in [4.78, 5) is 12.4. The van der Waals surface area contributed by atoms with Crippen molar-refractivity contribution in [2.75, 3.05) is 0 Å². The maximum Gasteiger partial charge on any atom is 0.224 e. The molecule has 114 valence electrons. The van der Waals surface area contributed by atoms with Crippen LogP contribution in [0.4, 0.5) is 0 Å². The molecule has 0 saturated heterocycles. The minimum Gasteiger partial charge on any atom is -0.361 e. The summed E-state index contributed by atoms with van der Waals surface area (Å²) in [6.45, 7) is 3.79. The minimum atomic E-state index is 0.141. The molecule has 1 heterocycles. The number of nitrogens with zero attached hydrogens (tertiary/aromatic N) is 1. The molecule has 4 aliphatic rings. The Balaban J connectivity index is 1.43. The van der Waals surface area contributed by atoms with Crippen LogP contribution in [0.15, 0.2) is 4.52 Å². The van der Waals surface area contributed by atoms with Crippen molar-refractivity contribution in [1.29, 1.82) is 0 Å². The summed E-state index contributed by atoms with van der Waals surface area (Å²) in [5.74, 6) is 4.27. The monoisotopic (exact) mass is 288 g/mol. The fourth-order valence-electron chi connectivity index (χ4n) is 5.31. The lowest BCUT2D eigenvalue weighted by molar-refractivity contribution is -0.124. The van der Waals surface area contributed by atoms with Gasteiger partial charge in [-0.3, -0.25) is 4.79 Å². The average Bonchev–Trinajstić information content (AvgIpc) is 2.74. The predicted octanol–water partition coefficient (Wildman–Crippen LogP) is 2.77. The van der Waals surface area contributed by atoms with E-state index in [1.807, 2.05) is 13.8 Å². The van der Waals surface area contributed by atoms with Gasteiger partial charge in [0.15, 0.2) is 0 Å². The van der Waals surface area contributed by atoms with E-state index < -0.39 is 0 Å². The molecular formula is C17H24N2O2. The number of hydrogen-bond donors (Lipinski definition) is 1. The molecule has 0 aliphatic heterocycles. The van der Waals surface area contributed by atoms with E-state index in [0.717, 1.165) is 40.7 Å². The Morgan fingerprint density at radius 1 is 1.14 bits per heavy atom.